The minimum Gasteiger partial charge on any atom is -0.389 e. The van der Waals surface area contributed by atoms with Crippen molar-refractivity contribution in [2.24, 2.45) is 0 Å². The van der Waals surface area contributed by atoms with Crippen molar-refractivity contribution >= 4 is 0 Å². The first-order chi connectivity index (χ1) is 4.64. The van der Waals surface area contributed by atoms with E-state index >= 15 is 0 Å². The number of ether oxygens (including phenoxy) is 1. The second-order valence-electron chi connectivity index (χ2n) is 3.19. The van der Waals surface area contributed by atoms with Crippen molar-refractivity contribution in [2.45, 2.75) is 25.0 Å². The third-order valence-electron chi connectivity index (χ3n) is 1.88. The molecule has 3 nitrogen and oxygen atoms in total. The SMILES string of the molecule is CO[C@H]1CNC[C@@](C)(O)C1. The maximum atomic E-state index is 9.53. The van der Waals surface area contributed by atoms with Gasteiger partial charge in [0.1, 0.15) is 0 Å². The fraction of sp³-hybridized carbons (Fsp3) is 1.00. The summed E-state index contributed by atoms with van der Waals surface area (Å²) in [5.41, 5.74) is -0.584. The van der Waals surface area contributed by atoms with Crippen LogP contribution in [-0.4, -0.2) is 37.0 Å². The molecule has 0 bridgehead atoms. The predicted octanol–water partition coefficient (Wildman–Crippen LogP) is -0.254. The van der Waals surface area contributed by atoms with Crippen LogP contribution in [0.1, 0.15) is 13.3 Å². The van der Waals surface area contributed by atoms with Gasteiger partial charge in [0.2, 0.25) is 0 Å². The zero-order valence-electron chi connectivity index (χ0n) is 6.55. The van der Waals surface area contributed by atoms with Gasteiger partial charge in [0.15, 0.2) is 0 Å². The summed E-state index contributed by atoms with van der Waals surface area (Å²) >= 11 is 0. The van der Waals surface area contributed by atoms with E-state index in [4.69, 9.17) is 4.74 Å². The standard InChI is InChI=1S/C7H15NO2/c1-7(9)3-6(10-2)4-8-5-7/h6,8-9H,3-5H2,1-2H3/t6-,7+/m1/s1. The molecule has 0 aromatic heterocycles. The number of piperidine rings is 1. The van der Waals surface area contributed by atoms with Crippen LogP contribution in [0.25, 0.3) is 0 Å². The Balaban J connectivity index is 2.40. The topological polar surface area (TPSA) is 41.5 Å². The summed E-state index contributed by atoms with van der Waals surface area (Å²) in [5.74, 6) is 0. The zero-order valence-corrected chi connectivity index (χ0v) is 6.55. The number of methoxy groups -OCH3 is 1. The Kier molecular flexibility index (Phi) is 2.28. The molecule has 0 radical (unpaired) electrons. The summed E-state index contributed by atoms with van der Waals surface area (Å²) in [7, 11) is 1.67. The van der Waals surface area contributed by atoms with Crippen molar-refractivity contribution in [3.05, 3.63) is 0 Å². The molecule has 1 fully saturated rings. The molecule has 1 saturated heterocycles. The van der Waals surface area contributed by atoms with Gasteiger partial charge >= 0.3 is 0 Å². The highest BCUT2D eigenvalue weighted by atomic mass is 16.5. The summed E-state index contributed by atoms with van der Waals surface area (Å²) in [6, 6.07) is 0. The monoisotopic (exact) mass is 145 g/mol. The van der Waals surface area contributed by atoms with Crippen molar-refractivity contribution in [3.63, 3.8) is 0 Å². The van der Waals surface area contributed by atoms with Gasteiger partial charge in [0.05, 0.1) is 11.7 Å². The van der Waals surface area contributed by atoms with Crippen LogP contribution in [0.3, 0.4) is 0 Å². The van der Waals surface area contributed by atoms with Gasteiger partial charge in [-0.05, 0) is 6.92 Å². The number of hydrogen-bond acceptors (Lipinski definition) is 3. The number of aliphatic hydroxyl groups is 1. The number of rotatable bonds is 1. The fourth-order valence-corrected chi connectivity index (χ4v) is 1.30. The smallest absolute Gasteiger partial charge is 0.0768 e. The summed E-state index contributed by atoms with van der Waals surface area (Å²) in [6.07, 6.45) is 0.903. The molecule has 10 heavy (non-hydrogen) atoms. The quantitative estimate of drug-likeness (QED) is 0.534. The highest BCUT2D eigenvalue weighted by molar-refractivity contribution is 4.85. The first-order valence-corrected chi connectivity index (χ1v) is 3.60. The van der Waals surface area contributed by atoms with E-state index in [2.05, 4.69) is 5.32 Å². The molecule has 1 rings (SSSR count). The lowest BCUT2D eigenvalue weighted by molar-refractivity contribution is -0.0349. The van der Waals surface area contributed by atoms with Crippen LogP contribution in [0.4, 0.5) is 0 Å². The van der Waals surface area contributed by atoms with Gasteiger partial charge in [0, 0.05) is 26.6 Å². The van der Waals surface area contributed by atoms with Crippen molar-refractivity contribution < 1.29 is 9.84 Å². The second-order valence-corrected chi connectivity index (χ2v) is 3.19. The van der Waals surface area contributed by atoms with Gasteiger partial charge in [0.25, 0.3) is 0 Å². The lowest BCUT2D eigenvalue weighted by Gasteiger charge is -2.33. The molecule has 1 heterocycles. The second kappa shape index (κ2) is 2.86. The Morgan fingerprint density at radius 1 is 1.70 bits per heavy atom. The molecular formula is C7H15NO2. The van der Waals surface area contributed by atoms with Crippen LogP contribution in [0, 0.1) is 0 Å². The van der Waals surface area contributed by atoms with E-state index in [0.717, 1.165) is 13.0 Å². The molecule has 0 aliphatic carbocycles. The normalized spacial score (nSPS) is 41.7. The van der Waals surface area contributed by atoms with E-state index in [1.54, 1.807) is 7.11 Å². The van der Waals surface area contributed by atoms with Crippen LogP contribution in [0.2, 0.25) is 0 Å². The third kappa shape index (κ3) is 1.94. The number of β-amino-alcohol motifs (C(OH)–C–C–N with tert-alkyl or cyclic N) is 1. The molecule has 0 aromatic carbocycles. The van der Waals surface area contributed by atoms with Crippen LogP contribution in [-0.2, 0) is 4.74 Å². The van der Waals surface area contributed by atoms with Crippen LogP contribution in [0.5, 0.6) is 0 Å². The minimum atomic E-state index is -0.584. The zero-order chi connectivity index (χ0) is 7.61. The summed E-state index contributed by atoms with van der Waals surface area (Å²) in [6.45, 7) is 3.35. The average Bonchev–Trinajstić information content (AvgIpc) is 1.86. The molecule has 1 aliphatic heterocycles. The third-order valence-corrected chi connectivity index (χ3v) is 1.88. The maximum Gasteiger partial charge on any atom is 0.0768 e. The van der Waals surface area contributed by atoms with Crippen LogP contribution in [0.15, 0.2) is 0 Å². The summed E-state index contributed by atoms with van der Waals surface area (Å²) < 4.78 is 5.10. The number of hydrogen-bond donors (Lipinski definition) is 2. The predicted molar refractivity (Wildman–Crippen MR) is 38.9 cm³/mol. The number of nitrogens with one attached hydrogen (secondary N) is 1. The highest BCUT2D eigenvalue weighted by Gasteiger charge is 2.29. The minimum absolute atomic E-state index is 0.170. The lowest BCUT2D eigenvalue weighted by Crippen LogP contribution is -2.50. The Labute approximate surface area is 61.4 Å². The van der Waals surface area contributed by atoms with E-state index < -0.39 is 5.60 Å². The Morgan fingerprint density at radius 3 is 2.80 bits per heavy atom. The van der Waals surface area contributed by atoms with Gasteiger partial charge in [-0.15, -0.1) is 0 Å². The Bertz CT molecular complexity index is 114. The summed E-state index contributed by atoms with van der Waals surface area (Å²) in [5, 5.41) is 12.6. The molecule has 0 spiro atoms. The van der Waals surface area contributed by atoms with E-state index in [-0.39, 0.29) is 6.10 Å². The van der Waals surface area contributed by atoms with E-state index in [1.165, 1.54) is 0 Å². The molecule has 0 saturated carbocycles. The van der Waals surface area contributed by atoms with Gasteiger partial charge in [-0.1, -0.05) is 0 Å². The first kappa shape index (κ1) is 7.98. The molecule has 1 aliphatic rings. The van der Waals surface area contributed by atoms with Gasteiger partial charge < -0.3 is 15.2 Å². The molecule has 0 aromatic rings. The molecule has 2 N–H and O–H groups in total. The Hall–Kier alpha value is -0.120. The van der Waals surface area contributed by atoms with Crippen molar-refractivity contribution in [3.8, 4) is 0 Å². The molecular weight excluding hydrogens is 130 g/mol. The molecule has 2 atom stereocenters. The van der Waals surface area contributed by atoms with Crippen molar-refractivity contribution in [2.75, 3.05) is 20.2 Å². The molecule has 0 amide bonds. The first-order valence-electron chi connectivity index (χ1n) is 3.60. The molecule has 60 valence electrons. The summed E-state index contributed by atoms with van der Waals surface area (Å²) in [4.78, 5) is 0. The Morgan fingerprint density at radius 2 is 2.40 bits per heavy atom. The molecule has 3 heteroatoms. The maximum absolute atomic E-state index is 9.53. The van der Waals surface area contributed by atoms with E-state index in [9.17, 15) is 5.11 Å². The van der Waals surface area contributed by atoms with Crippen molar-refractivity contribution in [1.29, 1.82) is 0 Å². The van der Waals surface area contributed by atoms with Crippen LogP contribution >= 0.6 is 0 Å². The van der Waals surface area contributed by atoms with Crippen LogP contribution < -0.4 is 5.32 Å². The van der Waals surface area contributed by atoms with E-state index in [1.807, 2.05) is 6.92 Å². The largest absolute Gasteiger partial charge is 0.389 e. The van der Waals surface area contributed by atoms with Gasteiger partial charge in [-0.3, -0.25) is 0 Å². The lowest BCUT2D eigenvalue weighted by atomic mass is 9.95. The van der Waals surface area contributed by atoms with E-state index in [0.29, 0.717) is 6.54 Å². The van der Waals surface area contributed by atoms with Crippen molar-refractivity contribution in [1.82, 2.24) is 5.32 Å². The fourth-order valence-electron chi connectivity index (χ4n) is 1.30. The highest BCUT2D eigenvalue weighted by Crippen LogP contribution is 2.16. The average molecular weight is 145 g/mol. The van der Waals surface area contributed by atoms with Gasteiger partial charge in [-0.25, -0.2) is 0 Å². The van der Waals surface area contributed by atoms with Gasteiger partial charge in [-0.2, -0.15) is 0 Å². The molecule has 0 unspecified atom stereocenters.